The van der Waals surface area contributed by atoms with Gasteiger partial charge in [0.25, 0.3) is 0 Å². The number of piperidine rings is 1. The van der Waals surface area contributed by atoms with Crippen molar-refractivity contribution < 1.29 is 4.79 Å². The fourth-order valence-corrected chi connectivity index (χ4v) is 3.64. The van der Waals surface area contributed by atoms with Crippen LogP contribution < -0.4 is 5.32 Å². The second-order valence-corrected chi connectivity index (χ2v) is 5.89. The number of carbonyl (C=O) groups excluding carboxylic acids is 1. The molecule has 4 nitrogen and oxygen atoms in total. The minimum Gasteiger partial charge on any atom is -0.342 e. The van der Waals surface area contributed by atoms with Gasteiger partial charge < -0.3 is 10.2 Å². The van der Waals surface area contributed by atoms with Crippen LogP contribution in [0.5, 0.6) is 0 Å². The van der Waals surface area contributed by atoms with E-state index in [2.05, 4.69) is 10.2 Å². The SMILES string of the molecule is CCN(CC)C(=O)C(C)NC1CCN2CCCCC12. The minimum atomic E-state index is -0.0493. The lowest BCUT2D eigenvalue weighted by Crippen LogP contribution is -2.52. The van der Waals surface area contributed by atoms with Crippen LogP contribution in [0.15, 0.2) is 0 Å². The van der Waals surface area contributed by atoms with E-state index in [-0.39, 0.29) is 11.9 Å². The maximum absolute atomic E-state index is 12.3. The van der Waals surface area contributed by atoms with E-state index < -0.39 is 0 Å². The summed E-state index contributed by atoms with van der Waals surface area (Å²) in [5.74, 6) is 0.249. The van der Waals surface area contributed by atoms with E-state index in [0.717, 1.165) is 13.1 Å². The van der Waals surface area contributed by atoms with Gasteiger partial charge in [-0.05, 0) is 46.6 Å². The summed E-state index contributed by atoms with van der Waals surface area (Å²) in [6, 6.07) is 1.13. The third kappa shape index (κ3) is 3.29. The maximum atomic E-state index is 12.3. The summed E-state index contributed by atoms with van der Waals surface area (Å²) in [7, 11) is 0. The molecule has 0 radical (unpaired) electrons. The zero-order valence-corrected chi connectivity index (χ0v) is 12.7. The summed E-state index contributed by atoms with van der Waals surface area (Å²) >= 11 is 0. The van der Waals surface area contributed by atoms with Gasteiger partial charge in [0.05, 0.1) is 6.04 Å². The number of hydrogen-bond donors (Lipinski definition) is 1. The van der Waals surface area contributed by atoms with Gasteiger partial charge in [0, 0.05) is 31.7 Å². The summed E-state index contributed by atoms with van der Waals surface area (Å²) in [5.41, 5.74) is 0. The average molecular weight is 267 g/mol. The van der Waals surface area contributed by atoms with Crippen LogP contribution in [-0.2, 0) is 4.79 Å². The van der Waals surface area contributed by atoms with E-state index in [0.29, 0.717) is 12.1 Å². The summed E-state index contributed by atoms with van der Waals surface area (Å²) in [6.45, 7) is 10.2. The quantitative estimate of drug-likeness (QED) is 0.819. The molecule has 110 valence electrons. The van der Waals surface area contributed by atoms with Crippen molar-refractivity contribution >= 4 is 5.91 Å². The minimum absolute atomic E-state index is 0.0493. The van der Waals surface area contributed by atoms with Gasteiger partial charge in [0.2, 0.25) is 5.91 Å². The third-order valence-electron chi connectivity index (χ3n) is 4.77. The van der Waals surface area contributed by atoms with Crippen molar-refractivity contribution in [3.05, 3.63) is 0 Å². The van der Waals surface area contributed by atoms with Crippen molar-refractivity contribution in [2.75, 3.05) is 26.2 Å². The first-order valence-electron chi connectivity index (χ1n) is 7.96. The lowest BCUT2D eigenvalue weighted by atomic mass is 9.98. The number of carbonyl (C=O) groups is 1. The molecule has 4 heteroatoms. The van der Waals surface area contributed by atoms with Crippen LogP contribution in [0.25, 0.3) is 0 Å². The summed E-state index contributed by atoms with van der Waals surface area (Å²) in [4.78, 5) is 16.8. The molecule has 2 heterocycles. The van der Waals surface area contributed by atoms with E-state index in [4.69, 9.17) is 0 Å². The molecule has 2 rings (SSSR count). The van der Waals surface area contributed by atoms with Gasteiger partial charge in [-0.15, -0.1) is 0 Å². The highest BCUT2D eigenvalue weighted by Gasteiger charge is 2.36. The zero-order valence-electron chi connectivity index (χ0n) is 12.7. The molecule has 2 fully saturated rings. The molecule has 3 atom stereocenters. The van der Waals surface area contributed by atoms with Crippen LogP contribution in [0, 0.1) is 0 Å². The van der Waals surface area contributed by atoms with Crippen molar-refractivity contribution in [2.24, 2.45) is 0 Å². The van der Waals surface area contributed by atoms with Gasteiger partial charge in [-0.1, -0.05) is 6.42 Å². The zero-order chi connectivity index (χ0) is 13.8. The Morgan fingerprint density at radius 2 is 2.00 bits per heavy atom. The predicted molar refractivity (Wildman–Crippen MR) is 78.1 cm³/mol. The third-order valence-corrected chi connectivity index (χ3v) is 4.77. The first-order chi connectivity index (χ1) is 9.17. The first kappa shape index (κ1) is 14.8. The van der Waals surface area contributed by atoms with Crippen LogP contribution in [-0.4, -0.2) is 60.0 Å². The molecule has 0 spiro atoms. The number of hydrogen-bond acceptors (Lipinski definition) is 3. The Bertz CT molecular complexity index is 304. The summed E-state index contributed by atoms with van der Waals surface area (Å²) < 4.78 is 0. The Balaban J connectivity index is 1.88. The Hall–Kier alpha value is -0.610. The molecule has 0 aliphatic carbocycles. The number of amides is 1. The largest absolute Gasteiger partial charge is 0.342 e. The molecule has 0 bridgehead atoms. The second kappa shape index (κ2) is 6.71. The number of nitrogens with one attached hydrogen (secondary N) is 1. The van der Waals surface area contributed by atoms with E-state index in [1.165, 1.54) is 38.8 Å². The Labute approximate surface area is 117 Å². The normalized spacial score (nSPS) is 29.0. The van der Waals surface area contributed by atoms with Crippen molar-refractivity contribution in [2.45, 2.75) is 64.6 Å². The van der Waals surface area contributed by atoms with Gasteiger partial charge in [-0.2, -0.15) is 0 Å². The second-order valence-electron chi connectivity index (χ2n) is 5.89. The molecular weight excluding hydrogens is 238 g/mol. The van der Waals surface area contributed by atoms with Crippen LogP contribution in [0.4, 0.5) is 0 Å². The fourth-order valence-electron chi connectivity index (χ4n) is 3.64. The molecule has 0 saturated carbocycles. The summed E-state index contributed by atoms with van der Waals surface area (Å²) in [5, 5.41) is 3.59. The van der Waals surface area contributed by atoms with Crippen LogP contribution >= 0.6 is 0 Å². The van der Waals surface area contributed by atoms with Gasteiger partial charge in [0.15, 0.2) is 0 Å². The number of rotatable bonds is 5. The first-order valence-corrected chi connectivity index (χ1v) is 7.96. The number of fused-ring (bicyclic) bond motifs is 1. The molecule has 2 aliphatic rings. The van der Waals surface area contributed by atoms with Gasteiger partial charge in [-0.3, -0.25) is 9.69 Å². The lowest BCUT2D eigenvalue weighted by Gasteiger charge is -2.34. The number of likely N-dealkylation sites (N-methyl/N-ethyl adjacent to an activating group) is 1. The van der Waals surface area contributed by atoms with Crippen molar-refractivity contribution in [1.29, 1.82) is 0 Å². The van der Waals surface area contributed by atoms with E-state index in [1.807, 2.05) is 25.7 Å². The van der Waals surface area contributed by atoms with Crippen LogP contribution in [0.3, 0.4) is 0 Å². The Morgan fingerprint density at radius 3 is 2.68 bits per heavy atom. The Kier molecular flexibility index (Phi) is 5.22. The molecule has 2 saturated heterocycles. The summed E-state index contributed by atoms with van der Waals surface area (Å²) in [6.07, 6.45) is 5.18. The predicted octanol–water partition coefficient (Wildman–Crippen LogP) is 1.46. The highest BCUT2D eigenvalue weighted by atomic mass is 16.2. The topological polar surface area (TPSA) is 35.6 Å². The van der Waals surface area contributed by atoms with Crippen molar-refractivity contribution in [3.8, 4) is 0 Å². The standard InChI is InChI=1S/C15H29N3O/c1-4-17(5-2)15(19)12(3)16-13-9-11-18-10-7-6-8-14(13)18/h12-14,16H,4-11H2,1-3H3. The highest BCUT2D eigenvalue weighted by Crippen LogP contribution is 2.27. The van der Waals surface area contributed by atoms with Crippen molar-refractivity contribution in [3.63, 3.8) is 0 Å². The van der Waals surface area contributed by atoms with Gasteiger partial charge >= 0.3 is 0 Å². The molecule has 1 amide bonds. The molecule has 1 N–H and O–H groups in total. The maximum Gasteiger partial charge on any atom is 0.239 e. The van der Waals surface area contributed by atoms with Crippen LogP contribution in [0.1, 0.15) is 46.5 Å². The molecule has 0 aromatic heterocycles. The van der Waals surface area contributed by atoms with E-state index in [1.54, 1.807) is 0 Å². The molecule has 2 aliphatic heterocycles. The van der Waals surface area contributed by atoms with Gasteiger partial charge in [0.1, 0.15) is 0 Å². The van der Waals surface area contributed by atoms with Crippen molar-refractivity contribution in [1.82, 2.24) is 15.1 Å². The van der Waals surface area contributed by atoms with E-state index in [9.17, 15) is 4.79 Å². The van der Waals surface area contributed by atoms with Crippen LogP contribution in [0.2, 0.25) is 0 Å². The van der Waals surface area contributed by atoms with Gasteiger partial charge in [-0.25, -0.2) is 0 Å². The fraction of sp³-hybridized carbons (Fsp3) is 0.933. The monoisotopic (exact) mass is 267 g/mol. The smallest absolute Gasteiger partial charge is 0.239 e. The highest BCUT2D eigenvalue weighted by molar-refractivity contribution is 5.81. The number of nitrogens with zero attached hydrogens (tertiary/aromatic N) is 2. The molecule has 19 heavy (non-hydrogen) atoms. The Morgan fingerprint density at radius 1 is 1.26 bits per heavy atom. The lowest BCUT2D eigenvalue weighted by molar-refractivity contribution is -0.132. The molecule has 0 aromatic rings. The molecule has 3 unspecified atom stereocenters. The molecule has 0 aromatic carbocycles. The average Bonchev–Trinajstić information content (AvgIpc) is 2.83. The van der Waals surface area contributed by atoms with E-state index >= 15 is 0 Å². The molecular formula is C15H29N3O.